The summed E-state index contributed by atoms with van der Waals surface area (Å²) >= 11 is 0. The molecule has 0 bridgehead atoms. The fourth-order valence-corrected chi connectivity index (χ4v) is 8.75. The molecule has 2 saturated heterocycles. The normalized spacial score (nSPS) is 18.5. The average molecular weight is 989 g/mol. The number of unbranched alkanes of at least 4 members (excludes halogenated alkanes) is 2. The van der Waals surface area contributed by atoms with Crippen LogP contribution in [-0.2, 0) is 54.3 Å². The van der Waals surface area contributed by atoms with Gasteiger partial charge in [-0.2, -0.15) is 13.2 Å². The van der Waals surface area contributed by atoms with Crippen molar-refractivity contribution in [3.8, 4) is 0 Å². The number of esters is 3. The molecule has 0 radical (unpaired) electrons. The standard InChI is InChI=1S/C49H71F3N8O10/c1-6-8-18-36(43(63)55-31(5)26-30(3)4)57-44(64)37(19-9-7-2)56-42(62)34(53)17-11-13-23-41(61)69-29-59-24-14-21-39(59)45(65)58-38(27-32-28-54-35-20-12-10-16-33(32)35)46(66)60-25-15-22-40(60)47(67)70-48(68)49(50,51)52/h10,12-13,16,20,23,28,30-31,34,36-40,54H,6-9,11,14-15,17-19,21-22,24-27,29,53H2,1-5H3,(H,55,63)(H,56,62)(H,57,64)(H,58,65)/b23-13+/t31-,34-,36-,37-,38-,39-,40-/m0/s1. The number of H-pyrrole nitrogens is 1. The van der Waals surface area contributed by atoms with E-state index in [1.54, 1.807) is 17.2 Å². The third-order valence-electron chi connectivity index (χ3n) is 12.4. The number of nitrogens with two attached hydrogens (primary N) is 1. The smallest absolute Gasteiger partial charge is 0.446 e. The zero-order chi connectivity index (χ0) is 51.5. The largest absolute Gasteiger partial charge is 0.491 e. The lowest BCUT2D eigenvalue weighted by molar-refractivity contribution is -0.203. The molecule has 388 valence electrons. The molecule has 0 aliphatic carbocycles. The van der Waals surface area contributed by atoms with Gasteiger partial charge in [0.1, 0.15) is 30.9 Å². The van der Waals surface area contributed by atoms with E-state index in [0.717, 1.165) is 41.5 Å². The molecule has 1 aromatic carbocycles. The number of ether oxygens (including phenoxy) is 2. The molecule has 0 saturated carbocycles. The second-order valence-electron chi connectivity index (χ2n) is 18.6. The first-order valence-corrected chi connectivity index (χ1v) is 24.5. The highest BCUT2D eigenvalue weighted by Gasteiger charge is 2.46. The molecule has 70 heavy (non-hydrogen) atoms. The summed E-state index contributed by atoms with van der Waals surface area (Å²) in [6.07, 6.45) is 4.82. The number of hydrogen-bond acceptors (Lipinski definition) is 12. The van der Waals surface area contributed by atoms with Gasteiger partial charge >= 0.3 is 24.1 Å². The van der Waals surface area contributed by atoms with Crippen molar-refractivity contribution in [1.29, 1.82) is 0 Å². The predicted octanol–water partition coefficient (Wildman–Crippen LogP) is 4.35. The Morgan fingerprint density at radius 2 is 1.46 bits per heavy atom. The van der Waals surface area contributed by atoms with Gasteiger partial charge in [-0.05, 0) is 82.3 Å². The predicted molar refractivity (Wildman–Crippen MR) is 253 cm³/mol. The zero-order valence-corrected chi connectivity index (χ0v) is 40.9. The van der Waals surface area contributed by atoms with E-state index in [2.05, 4.69) is 44.8 Å². The van der Waals surface area contributed by atoms with Crippen LogP contribution < -0.4 is 27.0 Å². The summed E-state index contributed by atoms with van der Waals surface area (Å²) < 4.78 is 48.3. The van der Waals surface area contributed by atoms with E-state index in [1.165, 1.54) is 12.2 Å². The molecule has 7 atom stereocenters. The lowest BCUT2D eigenvalue weighted by Gasteiger charge is -2.30. The molecule has 4 rings (SSSR count). The Labute approximate surface area is 407 Å². The Hall–Kier alpha value is -5.83. The van der Waals surface area contributed by atoms with Crippen LogP contribution >= 0.6 is 0 Å². The van der Waals surface area contributed by atoms with Crippen molar-refractivity contribution in [2.24, 2.45) is 11.7 Å². The number of nitrogens with one attached hydrogen (secondary N) is 5. The summed E-state index contributed by atoms with van der Waals surface area (Å²) in [5.74, 6) is -7.20. The molecule has 7 N–H and O–H groups in total. The number of rotatable bonds is 26. The van der Waals surface area contributed by atoms with Crippen LogP contribution in [-0.4, -0.2) is 131 Å². The third kappa shape index (κ3) is 17.2. The summed E-state index contributed by atoms with van der Waals surface area (Å²) in [6.45, 7) is 10.1. The Kier molecular flexibility index (Phi) is 22.3. The number of aromatic nitrogens is 1. The molecule has 2 aromatic rings. The zero-order valence-electron chi connectivity index (χ0n) is 40.9. The van der Waals surface area contributed by atoms with Gasteiger partial charge in [0.15, 0.2) is 0 Å². The molecule has 1 aromatic heterocycles. The van der Waals surface area contributed by atoms with Gasteiger partial charge in [0, 0.05) is 48.7 Å². The third-order valence-corrected chi connectivity index (χ3v) is 12.4. The number of hydrogen-bond donors (Lipinski definition) is 6. The highest BCUT2D eigenvalue weighted by molar-refractivity contribution is 5.96. The van der Waals surface area contributed by atoms with Crippen molar-refractivity contribution in [3.63, 3.8) is 0 Å². The van der Waals surface area contributed by atoms with Crippen LogP contribution in [0.1, 0.15) is 124 Å². The fraction of sp³-hybridized carbons (Fsp3) is 0.633. The summed E-state index contributed by atoms with van der Waals surface area (Å²) in [6, 6.07) is 0.858. The molecule has 2 fully saturated rings. The van der Waals surface area contributed by atoms with E-state index >= 15 is 0 Å². The first-order valence-electron chi connectivity index (χ1n) is 24.5. The van der Waals surface area contributed by atoms with Crippen molar-refractivity contribution in [2.75, 3.05) is 19.8 Å². The number of allylic oxidation sites excluding steroid dienone is 1. The number of nitrogens with zero attached hydrogens (tertiary/aromatic N) is 2. The number of halogens is 3. The molecule has 2 aliphatic rings. The molecule has 5 amide bonds. The maximum atomic E-state index is 14.1. The molecule has 0 spiro atoms. The van der Waals surface area contributed by atoms with Crippen molar-refractivity contribution in [3.05, 3.63) is 48.2 Å². The van der Waals surface area contributed by atoms with Gasteiger partial charge in [-0.1, -0.05) is 77.7 Å². The minimum atomic E-state index is -5.42. The van der Waals surface area contributed by atoms with Crippen LogP contribution in [0.15, 0.2) is 42.6 Å². The van der Waals surface area contributed by atoms with E-state index in [0.29, 0.717) is 50.1 Å². The highest BCUT2D eigenvalue weighted by atomic mass is 19.4. The molecular formula is C49H71F3N8O10. The van der Waals surface area contributed by atoms with Gasteiger partial charge < -0.3 is 46.4 Å². The van der Waals surface area contributed by atoms with Gasteiger partial charge in [0.25, 0.3) is 0 Å². The number of carbonyl (C=O) groups excluding carboxylic acids is 8. The second kappa shape index (κ2) is 27.5. The van der Waals surface area contributed by atoms with Crippen molar-refractivity contribution in [1.82, 2.24) is 36.1 Å². The Balaban J connectivity index is 1.32. The number of fused-ring (bicyclic) bond motifs is 1. The summed E-state index contributed by atoms with van der Waals surface area (Å²) in [7, 11) is 0. The SMILES string of the molecule is CCCC[C@H](NC(=O)[C@H](CCCC)NC(=O)[C@@H](N)CC/C=C/C(=O)OCN1CCC[C@H]1C(=O)N[C@@H](Cc1c[nH]c2ccccc12)C(=O)N1CCC[C@H]1C(=O)OC(=O)C(F)(F)F)C(=O)N[C@@H](C)CC(C)C. The molecule has 2 aliphatic heterocycles. The quantitative estimate of drug-likeness (QED) is 0.0438. The topological polar surface area (TPSA) is 251 Å². The molecular weight excluding hydrogens is 918 g/mol. The summed E-state index contributed by atoms with van der Waals surface area (Å²) in [4.78, 5) is 111. The minimum absolute atomic E-state index is 0.0319. The number of carbonyl (C=O) groups is 8. The van der Waals surface area contributed by atoms with E-state index < -0.39 is 84.0 Å². The number of aromatic amines is 1. The second-order valence-corrected chi connectivity index (χ2v) is 18.6. The Morgan fingerprint density at radius 1 is 0.829 bits per heavy atom. The van der Waals surface area contributed by atoms with Crippen LogP contribution in [0.4, 0.5) is 13.2 Å². The average Bonchev–Trinajstić information content (AvgIpc) is 4.09. The van der Waals surface area contributed by atoms with E-state index in [9.17, 15) is 51.5 Å². The van der Waals surface area contributed by atoms with Crippen molar-refractivity contribution >= 4 is 58.3 Å². The lowest BCUT2D eigenvalue weighted by Crippen LogP contribution is -2.56. The monoisotopic (exact) mass is 989 g/mol. The van der Waals surface area contributed by atoms with Gasteiger partial charge in [0.2, 0.25) is 29.5 Å². The Bertz CT molecular complexity index is 2150. The van der Waals surface area contributed by atoms with Crippen molar-refractivity contribution in [2.45, 2.75) is 173 Å². The van der Waals surface area contributed by atoms with Gasteiger partial charge in [-0.25, -0.2) is 14.4 Å². The van der Waals surface area contributed by atoms with Crippen LogP contribution in [0.2, 0.25) is 0 Å². The fourth-order valence-electron chi connectivity index (χ4n) is 8.75. The summed E-state index contributed by atoms with van der Waals surface area (Å²) in [5.41, 5.74) is 7.61. The van der Waals surface area contributed by atoms with Crippen LogP contribution in [0.3, 0.4) is 0 Å². The van der Waals surface area contributed by atoms with Gasteiger partial charge in [-0.3, -0.25) is 28.9 Å². The van der Waals surface area contributed by atoms with Crippen LogP contribution in [0, 0.1) is 5.92 Å². The molecule has 18 nitrogen and oxygen atoms in total. The van der Waals surface area contributed by atoms with Gasteiger partial charge in [0.05, 0.1) is 12.1 Å². The van der Waals surface area contributed by atoms with E-state index in [-0.39, 0.29) is 57.3 Å². The number of likely N-dealkylation sites (tertiary alicyclic amines) is 2. The Morgan fingerprint density at radius 3 is 2.11 bits per heavy atom. The van der Waals surface area contributed by atoms with Crippen LogP contribution in [0.25, 0.3) is 10.9 Å². The molecule has 3 heterocycles. The highest BCUT2D eigenvalue weighted by Crippen LogP contribution is 2.26. The minimum Gasteiger partial charge on any atom is -0.446 e. The van der Waals surface area contributed by atoms with Gasteiger partial charge in [-0.15, -0.1) is 0 Å². The maximum Gasteiger partial charge on any atom is 0.491 e. The number of benzene rings is 1. The first-order chi connectivity index (χ1) is 33.2. The van der Waals surface area contributed by atoms with Crippen LogP contribution in [0.5, 0.6) is 0 Å². The number of alkyl halides is 3. The molecule has 0 unspecified atom stereocenters. The molecule has 21 heteroatoms. The van der Waals surface area contributed by atoms with E-state index in [4.69, 9.17) is 10.5 Å². The maximum absolute atomic E-state index is 14.1. The lowest BCUT2D eigenvalue weighted by atomic mass is 10.0. The number of amides is 5. The number of para-hydroxylation sites is 1. The van der Waals surface area contributed by atoms with E-state index in [1.807, 2.05) is 39.0 Å². The summed E-state index contributed by atoms with van der Waals surface area (Å²) in [5, 5.41) is 12.1. The first kappa shape index (κ1) is 56.8. The van der Waals surface area contributed by atoms with Crippen molar-refractivity contribution < 1.29 is 61.0 Å².